The maximum Gasteiger partial charge on any atom is 0.306 e. The highest BCUT2D eigenvalue weighted by Gasteiger charge is 2.07. The average Bonchev–Trinajstić information content (AvgIpc) is 2.58. The first-order chi connectivity index (χ1) is 11.1. The molecule has 0 saturated heterocycles. The molecule has 0 unspecified atom stereocenters. The number of benzene rings is 2. The minimum atomic E-state index is -0.362. The smallest absolute Gasteiger partial charge is 0.306 e. The Labute approximate surface area is 136 Å². The molecule has 2 aromatic carbocycles. The Morgan fingerprint density at radius 1 is 0.957 bits per heavy atom. The number of amides is 1. The number of hydrogen-bond acceptors (Lipinski definition) is 3. The normalized spacial score (nSPS) is 10.1. The molecule has 0 aromatic heterocycles. The highest BCUT2D eigenvalue weighted by molar-refractivity contribution is 5.80. The van der Waals surface area contributed by atoms with Crippen LogP contribution in [0.15, 0.2) is 54.6 Å². The van der Waals surface area contributed by atoms with Crippen molar-refractivity contribution in [3.05, 3.63) is 71.3 Å². The number of hydrogen-bond donors (Lipinski definition) is 1. The SMILES string of the molecule is Cc1ccc(CNC(=O)COC(=O)CCc2ccccc2)cc1. The summed E-state index contributed by atoms with van der Waals surface area (Å²) in [6.07, 6.45) is 0.889. The fraction of sp³-hybridized carbons (Fsp3) is 0.263. The van der Waals surface area contributed by atoms with Gasteiger partial charge in [-0.3, -0.25) is 9.59 Å². The van der Waals surface area contributed by atoms with Gasteiger partial charge in [0.25, 0.3) is 5.91 Å². The number of carbonyl (C=O) groups excluding carboxylic acids is 2. The van der Waals surface area contributed by atoms with Crippen LogP contribution >= 0.6 is 0 Å². The molecule has 0 radical (unpaired) electrons. The lowest BCUT2D eigenvalue weighted by atomic mass is 10.1. The highest BCUT2D eigenvalue weighted by Crippen LogP contribution is 2.04. The Balaban J connectivity index is 1.63. The maximum absolute atomic E-state index is 11.7. The monoisotopic (exact) mass is 311 g/mol. The summed E-state index contributed by atoms with van der Waals surface area (Å²) in [7, 11) is 0. The number of rotatable bonds is 7. The Bertz CT molecular complexity index is 635. The van der Waals surface area contributed by atoms with Crippen LogP contribution < -0.4 is 5.32 Å². The van der Waals surface area contributed by atoms with E-state index in [-0.39, 0.29) is 24.9 Å². The minimum Gasteiger partial charge on any atom is -0.456 e. The lowest BCUT2D eigenvalue weighted by molar-refractivity contribution is -0.148. The lowest BCUT2D eigenvalue weighted by Gasteiger charge is -2.07. The highest BCUT2D eigenvalue weighted by atomic mass is 16.5. The van der Waals surface area contributed by atoms with Crippen LogP contribution in [0.5, 0.6) is 0 Å². The molecule has 4 nitrogen and oxygen atoms in total. The van der Waals surface area contributed by atoms with Crippen molar-refractivity contribution in [3.8, 4) is 0 Å². The van der Waals surface area contributed by atoms with Crippen molar-refractivity contribution in [3.63, 3.8) is 0 Å². The van der Waals surface area contributed by atoms with Crippen LogP contribution in [-0.4, -0.2) is 18.5 Å². The predicted octanol–water partition coefficient (Wildman–Crippen LogP) is 2.79. The van der Waals surface area contributed by atoms with Gasteiger partial charge in [0, 0.05) is 13.0 Å². The van der Waals surface area contributed by atoms with Crippen molar-refractivity contribution in [2.45, 2.75) is 26.3 Å². The molecule has 120 valence electrons. The third-order valence-corrected chi connectivity index (χ3v) is 3.44. The van der Waals surface area contributed by atoms with E-state index in [1.165, 1.54) is 5.56 Å². The Hall–Kier alpha value is -2.62. The molecule has 0 heterocycles. The first-order valence-electron chi connectivity index (χ1n) is 7.65. The quantitative estimate of drug-likeness (QED) is 0.800. The zero-order valence-corrected chi connectivity index (χ0v) is 13.2. The van der Waals surface area contributed by atoms with Gasteiger partial charge >= 0.3 is 5.97 Å². The predicted molar refractivity (Wildman–Crippen MR) is 88.7 cm³/mol. The zero-order valence-electron chi connectivity index (χ0n) is 13.2. The molecule has 0 saturated carbocycles. The number of aryl methyl sites for hydroxylation is 2. The Kier molecular flexibility index (Phi) is 6.36. The van der Waals surface area contributed by atoms with Crippen LogP contribution in [0.3, 0.4) is 0 Å². The summed E-state index contributed by atoms with van der Waals surface area (Å²) in [5.74, 6) is -0.655. The van der Waals surface area contributed by atoms with E-state index in [9.17, 15) is 9.59 Å². The van der Waals surface area contributed by atoms with E-state index in [4.69, 9.17) is 4.74 Å². The van der Waals surface area contributed by atoms with Crippen molar-refractivity contribution >= 4 is 11.9 Å². The van der Waals surface area contributed by atoms with Gasteiger partial charge in [-0.2, -0.15) is 0 Å². The molecule has 0 aliphatic rings. The molecule has 0 fully saturated rings. The minimum absolute atomic E-state index is 0.237. The van der Waals surface area contributed by atoms with E-state index in [1.54, 1.807) is 0 Å². The summed E-state index contributed by atoms with van der Waals surface area (Å²) in [5.41, 5.74) is 3.26. The van der Waals surface area contributed by atoms with E-state index in [0.29, 0.717) is 13.0 Å². The van der Waals surface area contributed by atoms with E-state index < -0.39 is 0 Å². The van der Waals surface area contributed by atoms with E-state index in [2.05, 4.69) is 5.32 Å². The summed E-state index contributed by atoms with van der Waals surface area (Å²) < 4.78 is 4.98. The molecule has 1 N–H and O–H groups in total. The second-order valence-electron chi connectivity index (χ2n) is 5.41. The van der Waals surface area contributed by atoms with Gasteiger partial charge < -0.3 is 10.1 Å². The first-order valence-corrected chi connectivity index (χ1v) is 7.65. The van der Waals surface area contributed by atoms with E-state index in [1.807, 2.05) is 61.5 Å². The van der Waals surface area contributed by atoms with Crippen molar-refractivity contribution in [1.29, 1.82) is 0 Å². The summed E-state index contributed by atoms with van der Waals surface area (Å²) >= 11 is 0. The van der Waals surface area contributed by atoms with E-state index >= 15 is 0 Å². The average molecular weight is 311 g/mol. The third-order valence-electron chi connectivity index (χ3n) is 3.44. The fourth-order valence-corrected chi connectivity index (χ4v) is 2.07. The van der Waals surface area contributed by atoms with Crippen LogP contribution in [0.1, 0.15) is 23.1 Å². The molecule has 2 aromatic rings. The molecule has 0 atom stereocenters. The van der Waals surface area contributed by atoms with Gasteiger partial charge in [0.2, 0.25) is 0 Å². The molecule has 2 rings (SSSR count). The number of esters is 1. The van der Waals surface area contributed by atoms with Gasteiger partial charge in [-0.15, -0.1) is 0 Å². The number of nitrogens with one attached hydrogen (secondary N) is 1. The van der Waals surface area contributed by atoms with Crippen molar-refractivity contribution in [2.24, 2.45) is 0 Å². The summed E-state index contributed by atoms with van der Waals surface area (Å²) in [4.78, 5) is 23.3. The van der Waals surface area contributed by atoms with Crippen LogP contribution in [0.25, 0.3) is 0 Å². The second-order valence-corrected chi connectivity index (χ2v) is 5.41. The lowest BCUT2D eigenvalue weighted by Crippen LogP contribution is -2.28. The summed E-state index contributed by atoms with van der Waals surface area (Å²) in [5, 5.41) is 2.73. The summed E-state index contributed by atoms with van der Waals surface area (Å²) in [6.45, 7) is 2.21. The van der Waals surface area contributed by atoms with Crippen molar-refractivity contribution in [1.82, 2.24) is 5.32 Å². The zero-order chi connectivity index (χ0) is 16.5. The van der Waals surface area contributed by atoms with Gasteiger partial charge in [-0.05, 0) is 24.5 Å². The number of carbonyl (C=O) groups is 2. The van der Waals surface area contributed by atoms with Crippen molar-refractivity contribution in [2.75, 3.05) is 6.61 Å². The second kappa shape index (κ2) is 8.73. The summed E-state index contributed by atoms with van der Waals surface area (Å²) in [6, 6.07) is 17.6. The van der Waals surface area contributed by atoms with Crippen molar-refractivity contribution < 1.29 is 14.3 Å². The molecule has 0 bridgehead atoms. The topological polar surface area (TPSA) is 55.4 Å². The molecule has 23 heavy (non-hydrogen) atoms. The molecule has 4 heteroatoms. The molecule has 0 aliphatic carbocycles. The molecular formula is C19H21NO3. The Morgan fingerprint density at radius 2 is 1.65 bits per heavy atom. The van der Waals surface area contributed by atoms with Crippen LogP contribution in [0.2, 0.25) is 0 Å². The van der Waals surface area contributed by atoms with E-state index in [0.717, 1.165) is 11.1 Å². The fourth-order valence-electron chi connectivity index (χ4n) is 2.07. The van der Waals surface area contributed by atoms with Gasteiger partial charge in [0.1, 0.15) is 0 Å². The van der Waals surface area contributed by atoms with Gasteiger partial charge in [-0.25, -0.2) is 0 Å². The van der Waals surface area contributed by atoms with Crippen LogP contribution in [-0.2, 0) is 27.3 Å². The van der Waals surface area contributed by atoms with Crippen LogP contribution in [0, 0.1) is 6.92 Å². The largest absolute Gasteiger partial charge is 0.456 e. The van der Waals surface area contributed by atoms with Crippen LogP contribution in [0.4, 0.5) is 0 Å². The van der Waals surface area contributed by atoms with Gasteiger partial charge in [0.05, 0.1) is 0 Å². The maximum atomic E-state index is 11.7. The number of ether oxygens (including phenoxy) is 1. The standard InChI is InChI=1S/C19H21NO3/c1-15-7-9-17(10-8-15)13-20-18(21)14-23-19(22)12-11-16-5-3-2-4-6-16/h2-10H,11-14H2,1H3,(H,20,21). The molecule has 1 amide bonds. The van der Waals surface area contributed by atoms with Gasteiger partial charge in [0.15, 0.2) is 6.61 Å². The molecule has 0 spiro atoms. The molecule has 0 aliphatic heterocycles. The van der Waals surface area contributed by atoms with Gasteiger partial charge in [-0.1, -0.05) is 60.2 Å². The molecular weight excluding hydrogens is 290 g/mol. The first kappa shape index (κ1) is 16.7. The third kappa shape index (κ3) is 6.34. The Morgan fingerprint density at radius 3 is 2.35 bits per heavy atom.